The third kappa shape index (κ3) is 1.82. The Kier molecular flexibility index (Phi) is 2.75. The molecule has 1 aromatic carbocycles. The minimum absolute atomic E-state index is 0.775. The van der Waals surface area contributed by atoms with Crippen LogP contribution >= 0.6 is 23.1 Å². The zero-order valence-electron chi connectivity index (χ0n) is 10.6. The summed E-state index contributed by atoms with van der Waals surface area (Å²) in [5, 5.41) is 14.8. The number of fused-ring (bicyclic) bond motifs is 2. The van der Waals surface area contributed by atoms with E-state index in [1.807, 2.05) is 36.6 Å². The van der Waals surface area contributed by atoms with Crippen LogP contribution in [0.4, 0.5) is 0 Å². The fraction of sp³-hybridized carbons (Fsp3) is 0.154. The van der Waals surface area contributed by atoms with Gasteiger partial charge in [-0.25, -0.2) is 0 Å². The van der Waals surface area contributed by atoms with Gasteiger partial charge in [-0.3, -0.25) is 0 Å². The van der Waals surface area contributed by atoms with Gasteiger partial charge in [0.25, 0.3) is 0 Å². The van der Waals surface area contributed by atoms with Crippen LogP contribution in [0.15, 0.2) is 34.7 Å². The zero-order valence-corrected chi connectivity index (χ0v) is 12.2. The molecule has 0 saturated carbocycles. The molecule has 0 amide bonds. The first kappa shape index (κ1) is 11.9. The first-order valence-corrected chi connectivity index (χ1v) is 8.25. The lowest BCUT2D eigenvalue weighted by molar-refractivity contribution is 0.629. The molecule has 4 rings (SSSR count). The van der Waals surface area contributed by atoms with E-state index in [0.717, 1.165) is 38.3 Å². The Morgan fingerprint density at radius 2 is 2.20 bits per heavy atom. The Bertz CT molecular complexity index is 859. The summed E-state index contributed by atoms with van der Waals surface area (Å²) in [6.07, 6.45) is 2.04. The Morgan fingerprint density at radius 1 is 1.30 bits per heavy atom. The first-order chi connectivity index (χ1) is 9.85. The fourth-order valence-corrected chi connectivity index (χ4v) is 3.31. The van der Waals surface area contributed by atoms with E-state index in [0.29, 0.717) is 0 Å². The van der Waals surface area contributed by atoms with Gasteiger partial charge < -0.3 is 4.42 Å². The number of hydrogen-bond donors (Lipinski definition) is 0. The smallest absolute Gasteiger partial charge is 0.235 e. The molecule has 3 aromatic heterocycles. The molecule has 20 heavy (non-hydrogen) atoms. The third-order valence-electron chi connectivity index (χ3n) is 2.97. The average molecular weight is 302 g/mol. The number of nitrogens with zero attached hydrogens (tertiary/aromatic N) is 4. The van der Waals surface area contributed by atoms with Crippen molar-refractivity contribution in [1.82, 2.24) is 19.8 Å². The predicted octanol–water partition coefficient (Wildman–Crippen LogP) is 3.46. The predicted molar refractivity (Wildman–Crippen MR) is 81.1 cm³/mol. The SMILES string of the molecule is CSCc1nnc2sc(-c3cc4ccccc4o3)nn12. The quantitative estimate of drug-likeness (QED) is 0.580. The molecule has 0 saturated heterocycles. The largest absolute Gasteiger partial charge is 0.453 e. The van der Waals surface area contributed by atoms with E-state index in [2.05, 4.69) is 15.3 Å². The Labute approximate surface area is 122 Å². The maximum absolute atomic E-state index is 5.83. The van der Waals surface area contributed by atoms with Crippen LogP contribution in [0.25, 0.3) is 26.7 Å². The Morgan fingerprint density at radius 3 is 3.05 bits per heavy atom. The molecule has 0 N–H and O–H groups in total. The molecule has 100 valence electrons. The number of rotatable bonds is 3. The van der Waals surface area contributed by atoms with Crippen LogP contribution in [0.3, 0.4) is 0 Å². The zero-order chi connectivity index (χ0) is 13.5. The second-order valence-electron chi connectivity index (χ2n) is 4.30. The molecule has 3 heterocycles. The number of hydrogen-bond acceptors (Lipinski definition) is 6. The van der Waals surface area contributed by atoms with E-state index in [9.17, 15) is 0 Å². The van der Waals surface area contributed by atoms with Gasteiger partial charge in [0.15, 0.2) is 16.6 Å². The summed E-state index contributed by atoms with van der Waals surface area (Å²) in [7, 11) is 0. The molecule has 0 atom stereocenters. The summed E-state index contributed by atoms with van der Waals surface area (Å²) in [5.41, 5.74) is 0.873. The lowest BCUT2D eigenvalue weighted by Crippen LogP contribution is -1.93. The van der Waals surface area contributed by atoms with Crippen molar-refractivity contribution in [3.05, 3.63) is 36.2 Å². The fourth-order valence-electron chi connectivity index (χ4n) is 2.06. The molecule has 4 aromatic rings. The van der Waals surface area contributed by atoms with Crippen LogP contribution in [-0.4, -0.2) is 26.1 Å². The van der Waals surface area contributed by atoms with Crippen LogP contribution in [-0.2, 0) is 5.75 Å². The van der Waals surface area contributed by atoms with Crippen molar-refractivity contribution in [2.24, 2.45) is 0 Å². The Balaban J connectivity index is 1.84. The highest BCUT2D eigenvalue weighted by molar-refractivity contribution is 7.97. The summed E-state index contributed by atoms with van der Waals surface area (Å²) in [6, 6.07) is 9.96. The Hall–Kier alpha value is -1.86. The summed E-state index contributed by atoms with van der Waals surface area (Å²) < 4.78 is 7.63. The van der Waals surface area contributed by atoms with Crippen molar-refractivity contribution in [3.8, 4) is 10.8 Å². The van der Waals surface area contributed by atoms with Crippen molar-refractivity contribution < 1.29 is 4.42 Å². The van der Waals surface area contributed by atoms with Crippen molar-refractivity contribution in [2.75, 3.05) is 6.26 Å². The van der Waals surface area contributed by atoms with E-state index in [1.54, 1.807) is 16.3 Å². The number of thioether (sulfide) groups is 1. The minimum atomic E-state index is 0.775. The molecule has 5 nitrogen and oxygen atoms in total. The second kappa shape index (κ2) is 4.60. The van der Waals surface area contributed by atoms with Crippen molar-refractivity contribution in [3.63, 3.8) is 0 Å². The topological polar surface area (TPSA) is 56.2 Å². The number of furan rings is 1. The minimum Gasteiger partial charge on any atom is -0.453 e. The van der Waals surface area contributed by atoms with E-state index >= 15 is 0 Å². The lowest BCUT2D eigenvalue weighted by Gasteiger charge is -1.90. The van der Waals surface area contributed by atoms with Crippen molar-refractivity contribution >= 4 is 39.0 Å². The summed E-state index contributed by atoms with van der Waals surface area (Å²) in [4.78, 5) is 0.796. The highest BCUT2D eigenvalue weighted by atomic mass is 32.2. The van der Waals surface area contributed by atoms with Crippen LogP contribution in [0, 0.1) is 0 Å². The van der Waals surface area contributed by atoms with Crippen LogP contribution in [0.2, 0.25) is 0 Å². The molecule has 0 aliphatic carbocycles. The number of para-hydroxylation sites is 1. The molecular formula is C13H10N4OS2. The van der Waals surface area contributed by atoms with Gasteiger partial charge in [0.2, 0.25) is 4.96 Å². The van der Waals surface area contributed by atoms with Crippen LogP contribution < -0.4 is 0 Å². The normalized spacial score (nSPS) is 11.7. The van der Waals surface area contributed by atoms with Gasteiger partial charge in [0.05, 0.1) is 5.75 Å². The monoisotopic (exact) mass is 302 g/mol. The van der Waals surface area contributed by atoms with Gasteiger partial charge in [0, 0.05) is 5.39 Å². The van der Waals surface area contributed by atoms with Gasteiger partial charge in [0.1, 0.15) is 5.58 Å². The van der Waals surface area contributed by atoms with Gasteiger partial charge in [-0.15, -0.1) is 15.3 Å². The highest BCUT2D eigenvalue weighted by Crippen LogP contribution is 2.30. The summed E-state index contributed by atoms with van der Waals surface area (Å²) in [6.45, 7) is 0. The van der Waals surface area contributed by atoms with Crippen LogP contribution in [0.1, 0.15) is 5.82 Å². The maximum Gasteiger partial charge on any atom is 0.235 e. The number of aromatic nitrogens is 4. The molecule has 0 radical (unpaired) electrons. The molecule has 0 fully saturated rings. The summed E-state index contributed by atoms with van der Waals surface area (Å²) >= 11 is 3.19. The lowest BCUT2D eigenvalue weighted by atomic mass is 10.2. The van der Waals surface area contributed by atoms with Gasteiger partial charge in [-0.05, 0) is 18.4 Å². The molecule has 0 unspecified atom stereocenters. The van der Waals surface area contributed by atoms with E-state index in [-0.39, 0.29) is 0 Å². The molecule has 0 bridgehead atoms. The van der Waals surface area contributed by atoms with Crippen molar-refractivity contribution in [2.45, 2.75) is 5.75 Å². The number of benzene rings is 1. The molecular weight excluding hydrogens is 292 g/mol. The van der Waals surface area contributed by atoms with Gasteiger partial charge in [-0.2, -0.15) is 16.3 Å². The second-order valence-corrected chi connectivity index (χ2v) is 6.12. The van der Waals surface area contributed by atoms with E-state index in [4.69, 9.17) is 4.42 Å². The van der Waals surface area contributed by atoms with Crippen LogP contribution in [0.5, 0.6) is 0 Å². The molecule has 0 spiro atoms. The maximum atomic E-state index is 5.83. The molecule has 0 aliphatic rings. The summed E-state index contributed by atoms with van der Waals surface area (Å²) in [5.74, 6) is 2.44. The standard InChI is InChI=1S/C13H10N4OS2/c1-19-7-11-14-15-13-17(11)16-12(20-13)10-6-8-4-2-3-5-9(8)18-10/h2-6H,7H2,1H3. The third-order valence-corrected chi connectivity index (χ3v) is 4.43. The van der Waals surface area contributed by atoms with Crippen molar-refractivity contribution in [1.29, 1.82) is 0 Å². The van der Waals surface area contributed by atoms with E-state index < -0.39 is 0 Å². The molecule has 0 aliphatic heterocycles. The van der Waals surface area contributed by atoms with Gasteiger partial charge >= 0.3 is 0 Å². The van der Waals surface area contributed by atoms with Gasteiger partial charge in [-0.1, -0.05) is 29.5 Å². The first-order valence-electron chi connectivity index (χ1n) is 6.04. The van der Waals surface area contributed by atoms with E-state index in [1.165, 1.54) is 11.3 Å². The molecule has 7 heteroatoms. The average Bonchev–Trinajstić information content (AvgIpc) is 3.12. The highest BCUT2D eigenvalue weighted by Gasteiger charge is 2.15.